The molecular formula is C21H24ClN3OS. The summed E-state index contributed by atoms with van der Waals surface area (Å²) in [6.07, 6.45) is 3.50. The zero-order chi connectivity index (χ0) is 19.2. The number of aryl methyl sites for hydroxylation is 2. The van der Waals surface area contributed by atoms with E-state index >= 15 is 0 Å². The number of hydrogen-bond donors (Lipinski definition) is 2. The topological polar surface area (TPSA) is 44.4 Å². The van der Waals surface area contributed by atoms with Crippen LogP contribution < -0.4 is 15.5 Å². The number of nitrogens with zero attached hydrogens (tertiary/aromatic N) is 1. The van der Waals surface area contributed by atoms with Crippen molar-refractivity contribution in [3.63, 3.8) is 0 Å². The molecule has 0 radical (unpaired) electrons. The van der Waals surface area contributed by atoms with Crippen LogP contribution in [0, 0.1) is 6.92 Å². The third-order valence-corrected chi connectivity index (χ3v) is 5.17. The van der Waals surface area contributed by atoms with Gasteiger partial charge in [0.15, 0.2) is 5.11 Å². The molecule has 0 saturated carbocycles. The van der Waals surface area contributed by atoms with Crippen LogP contribution in [0.2, 0.25) is 5.02 Å². The van der Waals surface area contributed by atoms with E-state index in [4.69, 9.17) is 23.8 Å². The van der Waals surface area contributed by atoms with Gasteiger partial charge in [-0.25, -0.2) is 0 Å². The first-order chi connectivity index (χ1) is 13.0. The number of nitrogens with one attached hydrogen (secondary N) is 2. The lowest BCUT2D eigenvalue weighted by atomic mass is 10.1. The highest BCUT2D eigenvalue weighted by Gasteiger charge is 2.23. The number of thiocarbonyl (C=S) groups is 1. The Kier molecular flexibility index (Phi) is 6.69. The van der Waals surface area contributed by atoms with Crippen molar-refractivity contribution < 1.29 is 4.79 Å². The molecule has 6 heteroatoms. The van der Waals surface area contributed by atoms with Crippen LogP contribution in [-0.4, -0.2) is 24.1 Å². The average Bonchev–Trinajstić information content (AvgIpc) is 3.08. The van der Waals surface area contributed by atoms with Crippen molar-refractivity contribution in [3.05, 3.63) is 58.6 Å². The Morgan fingerprint density at radius 1 is 1.22 bits per heavy atom. The van der Waals surface area contributed by atoms with Gasteiger partial charge in [-0.15, -0.1) is 0 Å². The lowest BCUT2D eigenvalue weighted by molar-refractivity contribution is -0.117. The van der Waals surface area contributed by atoms with Crippen molar-refractivity contribution in [1.29, 1.82) is 0 Å². The fourth-order valence-electron chi connectivity index (χ4n) is 3.20. The Morgan fingerprint density at radius 3 is 2.70 bits per heavy atom. The second kappa shape index (κ2) is 9.20. The minimum absolute atomic E-state index is 0.193. The number of amides is 1. The number of carbonyl (C=O) groups excluding carboxylic acids is 1. The van der Waals surface area contributed by atoms with Crippen molar-refractivity contribution >= 4 is 46.2 Å². The largest absolute Gasteiger partial charge is 0.362 e. The molecule has 0 aromatic heterocycles. The van der Waals surface area contributed by atoms with Crippen molar-refractivity contribution in [2.75, 3.05) is 23.3 Å². The molecule has 27 heavy (non-hydrogen) atoms. The molecule has 1 fully saturated rings. The summed E-state index contributed by atoms with van der Waals surface area (Å²) < 4.78 is 0. The first-order valence-electron chi connectivity index (χ1n) is 9.23. The van der Waals surface area contributed by atoms with E-state index in [1.165, 1.54) is 5.56 Å². The molecule has 2 N–H and O–H groups in total. The first kappa shape index (κ1) is 19.6. The molecule has 0 aliphatic carbocycles. The summed E-state index contributed by atoms with van der Waals surface area (Å²) in [5.74, 6) is 0.193. The molecule has 2 aromatic rings. The van der Waals surface area contributed by atoms with Crippen LogP contribution in [0.15, 0.2) is 42.5 Å². The fraction of sp³-hybridized carbons (Fsp3) is 0.333. The van der Waals surface area contributed by atoms with Crippen LogP contribution in [0.5, 0.6) is 0 Å². The quantitative estimate of drug-likeness (QED) is 0.544. The predicted octanol–water partition coefficient (Wildman–Crippen LogP) is 4.69. The highest BCUT2D eigenvalue weighted by atomic mass is 35.5. The number of halogens is 1. The minimum Gasteiger partial charge on any atom is -0.362 e. The second-order valence-electron chi connectivity index (χ2n) is 6.76. The predicted molar refractivity (Wildman–Crippen MR) is 117 cm³/mol. The molecule has 4 nitrogen and oxygen atoms in total. The summed E-state index contributed by atoms with van der Waals surface area (Å²) in [5.41, 5.74) is 4.22. The Hall–Kier alpha value is -2.11. The number of rotatable bonds is 6. The van der Waals surface area contributed by atoms with E-state index in [1.54, 1.807) is 0 Å². The van der Waals surface area contributed by atoms with Gasteiger partial charge in [-0.3, -0.25) is 4.79 Å². The highest BCUT2D eigenvalue weighted by molar-refractivity contribution is 7.80. The van der Waals surface area contributed by atoms with E-state index in [-0.39, 0.29) is 5.91 Å². The van der Waals surface area contributed by atoms with E-state index in [9.17, 15) is 4.79 Å². The zero-order valence-corrected chi connectivity index (χ0v) is 17.0. The van der Waals surface area contributed by atoms with E-state index < -0.39 is 0 Å². The van der Waals surface area contributed by atoms with Crippen LogP contribution in [0.4, 0.5) is 11.4 Å². The molecule has 3 rings (SSSR count). The molecule has 1 amide bonds. The third-order valence-electron chi connectivity index (χ3n) is 4.67. The average molecular weight is 402 g/mol. The maximum Gasteiger partial charge on any atom is 0.227 e. The number of carbonyl (C=O) groups is 1. The van der Waals surface area contributed by atoms with Crippen LogP contribution in [0.3, 0.4) is 0 Å². The lowest BCUT2D eigenvalue weighted by Crippen LogP contribution is -2.30. The van der Waals surface area contributed by atoms with Gasteiger partial charge in [0, 0.05) is 35.9 Å². The van der Waals surface area contributed by atoms with Crippen molar-refractivity contribution in [1.82, 2.24) is 5.32 Å². The Morgan fingerprint density at radius 2 is 2.00 bits per heavy atom. The maximum absolute atomic E-state index is 12.0. The molecule has 1 saturated heterocycles. The van der Waals surface area contributed by atoms with Gasteiger partial charge in [-0.1, -0.05) is 29.8 Å². The van der Waals surface area contributed by atoms with Gasteiger partial charge in [0.1, 0.15) is 0 Å². The van der Waals surface area contributed by atoms with Gasteiger partial charge in [0.2, 0.25) is 5.91 Å². The number of hydrogen-bond acceptors (Lipinski definition) is 2. The number of anilines is 2. The van der Waals surface area contributed by atoms with Gasteiger partial charge in [-0.05, 0) is 73.8 Å². The number of benzene rings is 2. The van der Waals surface area contributed by atoms with Crippen LogP contribution in [-0.2, 0) is 11.2 Å². The van der Waals surface area contributed by atoms with Gasteiger partial charge in [-0.2, -0.15) is 0 Å². The van der Waals surface area contributed by atoms with E-state index in [0.29, 0.717) is 11.5 Å². The Bertz CT molecular complexity index is 823. The molecule has 1 aliphatic rings. The zero-order valence-electron chi connectivity index (χ0n) is 15.4. The molecular weight excluding hydrogens is 378 g/mol. The molecule has 142 valence electrons. The lowest BCUT2D eigenvalue weighted by Gasteiger charge is -2.20. The first-order valence-corrected chi connectivity index (χ1v) is 10.0. The Labute approximate surface area is 170 Å². The molecule has 0 unspecified atom stereocenters. The molecule has 0 bridgehead atoms. The van der Waals surface area contributed by atoms with E-state index in [1.807, 2.05) is 54.3 Å². The fourth-order valence-corrected chi connectivity index (χ4v) is 3.55. The summed E-state index contributed by atoms with van der Waals surface area (Å²) >= 11 is 11.3. The smallest absolute Gasteiger partial charge is 0.227 e. The summed E-state index contributed by atoms with van der Waals surface area (Å²) in [4.78, 5) is 13.9. The molecule has 1 aliphatic heterocycles. The van der Waals surface area contributed by atoms with Crippen molar-refractivity contribution in [2.24, 2.45) is 0 Å². The third kappa shape index (κ3) is 5.44. The molecule has 0 atom stereocenters. The van der Waals surface area contributed by atoms with E-state index in [0.717, 1.165) is 54.3 Å². The molecule has 2 aromatic carbocycles. The second-order valence-corrected chi connectivity index (χ2v) is 7.61. The summed E-state index contributed by atoms with van der Waals surface area (Å²) in [6, 6.07) is 13.9. The molecule has 0 spiro atoms. The van der Waals surface area contributed by atoms with Crippen LogP contribution in [0.25, 0.3) is 0 Å². The monoisotopic (exact) mass is 401 g/mol. The van der Waals surface area contributed by atoms with Crippen molar-refractivity contribution in [3.8, 4) is 0 Å². The highest BCUT2D eigenvalue weighted by Crippen LogP contribution is 2.28. The Balaban J connectivity index is 1.49. The molecule has 1 heterocycles. The maximum atomic E-state index is 12.0. The van der Waals surface area contributed by atoms with Crippen LogP contribution >= 0.6 is 23.8 Å². The summed E-state index contributed by atoms with van der Waals surface area (Å²) in [7, 11) is 0. The van der Waals surface area contributed by atoms with Gasteiger partial charge in [0.05, 0.1) is 0 Å². The van der Waals surface area contributed by atoms with E-state index in [2.05, 4.69) is 10.6 Å². The van der Waals surface area contributed by atoms with Gasteiger partial charge < -0.3 is 15.5 Å². The summed E-state index contributed by atoms with van der Waals surface area (Å²) in [6.45, 7) is 3.60. The minimum atomic E-state index is 0.193. The summed E-state index contributed by atoms with van der Waals surface area (Å²) in [5, 5.41) is 7.81. The van der Waals surface area contributed by atoms with Crippen LogP contribution in [0.1, 0.15) is 30.4 Å². The van der Waals surface area contributed by atoms with Gasteiger partial charge >= 0.3 is 0 Å². The van der Waals surface area contributed by atoms with Gasteiger partial charge in [0.25, 0.3) is 0 Å². The SMILES string of the molecule is Cc1ccc(NC(=S)NCCCc2ccc(Cl)cc2)cc1N1CCCC1=O. The van der Waals surface area contributed by atoms with Crippen molar-refractivity contribution in [2.45, 2.75) is 32.6 Å². The standard InChI is InChI=1S/C21H24ClN3OS/c1-15-6-11-18(14-19(15)25-13-3-5-20(25)26)24-21(27)23-12-2-4-16-7-9-17(22)10-8-16/h6-11,14H,2-5,12-13H2,1H3,(H2,23,24,27). The normalized spacial score (nSPS) is 13.7.